The molecule has 1 aromatic rings. The van der Waals surface area contributed by atoms with E-state index in [-0.39, 0.29) is 5.69 Å². The third-order valence-electron chi connectivity index (χ3n) is 1.50. The fourth-order valence-electron chi connectivity index (χ4n) is 0.814. The first-order valence-corrected chi connectivity index (χ1v) is 3.63. The third-order valence-corrected chi connectivity index (χ3v) is 1.50. The maximum Gasteiger partial charge on any atom is 0.374 e. The molecule has 0 aromatic carbocycles. The summed E-state index contributed by atoms with van der Waals surface area (Å²) in [6.45, 7) is 0. The number of halogens is 3. The monoisotopic (exact) mass is 205 g/mol. The molecule has 0 fully saturated rings. The van der Waals surface area contributed by atoms with Gasteiger partial charge in [0.15, 0.2) is 0 Å². The van der Waals surface area contributed by atoms with Crippen LogP contribution in [0, 0.1) is 5.82 Å². The van der Waals surface area contributed by atoms with E-state index in [0.717, 1.165) is 18.3 Å². The third kappa shape index (κ3) is 2.45. The van der Waals surface area contributed by atoms with Crippen LogP contribution in [-0.4, -0.2) is 22.0 Å². The highest BCUT2D eigenvalue weighted by atomic mass is 19.3. The first-order chi connectivity index (χ1) is 6.42. The molecule has 14 heavy (non-hydrogen) atoms. The predicted molar refractivity (Wildman–Crippen MR) is 40.5 cm³/mol. The summed E-state index contributed by atoms with van der Waals surface area (Å²) in [5, 5.41) is 8.11. The number of pyridine rings is 1. The van der Waals surface area contributed by atoms with Crippen molar-refractivity contribution in [2.24, 2.45) is 0 Å². The van der Waals surface area contributed by atoms with E-state index < -0.39 is 24.1 Å². The molecule has 0 bridgehead atoms. The van der Waals surface area contributed by atoms with Crippen molar-refractivity contribution in [1.82, 2.24) is 4.98 Å². The number of rotatable bonds is 3. The van der Waals surface area contributed by atoms with Crippen molar-refractivity contribution < 1.29 is 23.1 Å². The van der Waals surface area contributed by atoms with Crippen molar-refractivity contribution in [2.45, 2.75) is 12.3 Å². The Morgan fingerprint density at radius 2 is 2.14 bits per heavy atom. The van der Waals surface area contributed by atoms with Gasteiger partial charge in [-0.25, -0.2) is 9.18 Å². The quantitative estimate of drug-likeness (QED) is 0.813. The molecule has 1 rings (SSSR count). The Morgan fingerprint density at radius 3 is 2.57 bits per heavy atom. The van der Waals surface area contributed by atoms with Gasteiger partial charge in [-0.15, -0.1) is 0 Å². The van der Waals surface area contributed by atoms with Gasteiger partial charge in [0.1, 0.15) is 5.82 Å². The minimum atomic E-state index is -3.87. The summed E-state index contributed by atoms with van der Waals surface area (Å²) in [5.74, 6) is -6.75. The Labute approximate surface area is 77.2 Å². The summed E-state index contributed by atoms with van der Waals surface area (Å²) in [7, 11) is 0. The number of nitrogens with zero attached hydrogens (tertiary/aromatic N) is 1. The summed E-state index contributed by atoms with van der Waals surface area (Å²) < 4.78 is 37.5. The second-order valence-electron chi connectivity index (χ2n) is 2.65. The molecule has 76 valence electrons. The van der Waals surface area contributed by atoms with Gasteiger partial charge in [-0.05, 0) is 12.1 Å². The van der Waals surface area contributed by atoms with Crippen LogP contribution in [0.15, 0.2) is 18.3 Å². The van der Waals surface area contributed by atoms with Gasteiger partial charge in [0, 0.05) is 5.69 Å². The van der Waals surface area contributed by atoms with Crippen LogP contribution in [0.5, 0.6) is 0 Å². The lowest BCUT2D eigenvalue weighted by atomic mass is 10.2. The van der Waals surface area contributed by atoms with E-state index in [1.807, 2.05) is 0 Å². The highest BCUT2D eigenvalue weighted by Crippen LogP contribution is 2.18. The van der Waals surface area contributed by atoms with E-state index >= 15 is 0 Å². The second kappa shape index (κ2) is 3.65. The number of carboxylic acid groups (broad SMARTS) is 1. The minimum absolute atomic E-state index is 0.168. The van der Waals surface area contributed by atoms with Crippen LogP contribution in [0.1, 0.15) is 5.69 Å². The summed E-state index contributed by atoms with van der Waals surface area (Å²) >= 11 is 0. The van der Waals surface area contributed by atoms with Gasteiger partial charge in [-0.3, -0.25) is 4.98 Å². The molecule has 0 amide bonds. The smallest absolute Gasteiger partial charge is 0.374 e. The largest absolute Gasteiger partial charge is 0.477 e. The fraction of sp³-hybridized carbons (Fsp3) is 0.250. The van der Waals surface area contributed by atoms with Crippen molar-refractivity contribution in [1.29, 1.82) is 0 Å². The standard InChI is InChI=1S/C8H6F3NO2/c9-5-1-2-6(12-4-5)3-8(10,11)7(13)14/h1-2,4H,3H2,(H,13,14). The van der Waals surface area contributed by atoms with Crippen molar-refractivity contribution in [3.05, 3.63) is 29.8 Å². The molecule has 0 saturated carbocycles. The Kier molecular flexibility index (Phi) is 2.73. The van der Waals surface area contributed by atoms with Crippen LogP contribution in [0.2, 0.25) is 0 Å². The molecule has 0 aliphatic heterocycles. The molecule has 1 heterocycles. The molecule has 0 spiro atoms. The maximum atomic E-state index is 12.6. The SMILES string of the molecule is O=C(O)C(F)(F)Cc1ccc(F)cn1. The maximum absolute atomic E-state index is 12.6. The zero-order chi connectivity index (χ0) is 10.8. The molecule has 0 saturated heterocycles. The molecule has 1 N–H and O–H groups in total. The van der Waals surface area contributed by atoms with Crippen LogP contribution in [0.3, 0.4) is 0 Å². The highest BCUT2D eigenvalue weighted by molar-refractivity contribution is 5.75. The summed E-state index contributed by atoms with van der Waals surface area (Å²) in [4.78, 5) is 13.4. The summed E-state index contributed by atoms with van der Waals surface area (Å²) in [6.07, 6.45) is -0.282. The first kappa shape index (κ1) is 10.5. The van der Waals surface area contributed by atoms with Gasteiger partial charge in [0.05, 0.1) is 12.6 Å². The molecule has 1 aromatic heterocycles. The lowest BCUT2D eigenvalue weighted by Crippen LogP contribution is -2.31. The fourth-order valence-corrected chi connectivity index (χ4v) is 0.814. The number of hydrogen-bond donors (Lipinski definition) is 1. The average molecular weight is 205 g/mol. The van der Waals surface area contributed by atoms with Gasteiger partial charge >= 0.3 is 11.9 Å². The normalized spacial score (nSPS) is 11.4. The molecule has 0 aliphatic carbocycles. The number of aromatic nitrogens is 1. The van der Waals surface area contributed by atoms with E-state index in [0.29, 0.717) is 0 Å². The number of aliphatic carboxylic acids is 1. The van der Waals surface area contributed by atoms with Crippen LogP contribution in [-0.2, 0) is 11.2 Å². The van der Waals surface area contributed by atoms with Gasteiger partial charge in [-0.1, -0.05) is 0 Å². The molecule has 6 heteroatoms. The van der Waals surface area contributed by atoms with Gasteiger partial charge < -0.3 is 5.11 Å². The van der Waals surface area contributed by atoms with E-state index in [9.17, 15) is 18.0 Å². The van der Waals surface area contributed by atoms with Gasteiger partial charge in [-0.2, -0.15) is 8.78 Å². The zero-order valence-corrected chi connectivity index (χ0v) is 6.88. The topological polar surface area (TPSA) is 50.2 Å². The molecular formula is C8H6F3NO2. The minimum Gasteiger partial charge on any atom is -0.477 e. The predicted octanol–water partition coefficient (Wildman–Crippen LogP) is 1.48. The Hall–Kier alpha value is -1.59. The lowest BCUT2D eigenvalue weighted by molar-refractivity contribution is -0.164. The van der Waals surface area contributed by atoms with Crippen molar-refractivity contribution in [2.75, 3.05) is 0 Å². The highest BCUT2D eigenvalue weighted by Gasteiger charge is 2.39. The van der Waals surface area contributed by atoms with E-state index in [4.69, 9.17) is 5.11 Å². The lowest BCUT2D eigenvalue weighted by Gasteiger charge is -2.09. The summed E-state index contributed by atoms with van der Waals surface area (Å²) in [6, 6.07) is 1.96. The van der Waals surface area contributed by atoms with Crippen LogP contribution >= 0.6 is 0 Å². The Balaban J connectivity index is 2.79. The van der Waals surface area contributed by atoms with Crippen molar-refractivity contribution in [3.63, 3.8) is 0 Å². The van der Waals surface area contributed by atoms with Crippen LogP contribution in [0.25, 0.3) is 0 Å². The number of carboxylic acids is 1. The van der Waals surface area contributed by atoms with Gasteiger partial charge in [0.2, 0.25) is 0 Å². The molecule has 0 atom stereocenters. The van der Waals surface area contributed by atoms with Crippen LogP contribution < -0.4 is 0 Å². The Morgan fingerprint density at radius 1 is 1.50 bits per heavy atom. The number of hydrogen-bond acceptors (Lipinski definition) is 2. The second-order valence-corrected chi connectivity index (χ2v) is 2.65. The van der Waals surface area contributed by atoms with E-state index in [1.165, 1.54) is 0 Å². The Bertz CT molecular complexity index is 337. The average Bonchev–Trinajstić information content (AvgIpc) is 2.08. The van der Waals surface area contributed by atoms with Crippen molar-refractivity contribution >= 4 is 5.97 Å². The number of carbonyl (C=O) groups is 1. The molecule has 0 aliphatic rings. The number of alkyl halides is 2. The first-order valence-electron chi connectivity index (χ1n) is 3.63. The molecule has 0 radical (unpaired) electrons. The molecule has 3 nitrogen and oxygen atoms in total. The van der Waals surface area contributed by atoms with Gasteiger partial charge in [0.25, 0.3) is 0 Å². The molecular weight excluding hydrogens is 199 g/mol. The zero-order valence-electron chi connectivity index (χ0n) is 6.88. The van der Waals surface area contributed by atoms with Crippen molar-refractivity contribution in [3.8, 4) is 0 Å². The van der Waals surface area contributed by atoms with E-state index in [2.05, 4.69) is 4.98 Å². The van der Waals surface area contributed by atoms with Crippen LogP contribution in [0.4, 0.5) is 13.2 Å². The van der Waals surface area contributed by atoms with E-state index in [1.54, 1.807) is 0 Å². The molecule has 0 unspecified atom stereocenters. The summed E-state index contributed by atoms with van der Waals surface area (Å²) in [5.41, 5.74) is -0.168.